The second kappa shape index (κ2) is 9.51. The van der Waals surface area contributed by atoms with Gasteiger partial charge in [-0.2, -0.15) is 0 Å². The van der Waals surface area contributed by atoms with Crippen LogP contribution in [0, 0.1) is 0 Å². The summed E-state index contributed by atoms with van der Waals surface area (Å²) in [5, 5.41) is 0.657. The summed E-state index contributed by atoms with van der Waals surface area (Å²) < 4.78 is 0. The van der Waals surface area contributed by atoms with Gasteiger partial charge in [0, 0.05) is 17.1 Å². The standard InChI is InChI=1S/C24H33ClN2O2/c25-19-15-13-18(14-16-19)23-24(29)26(20-9-7-4-8-10-20)17-22(28)27(23)21-11-5-2-1-3-6-12-21/h13-16,20-21,23H,1-12,17H2/t23-/m0/s1. The molecular formula is C24H33ClN2O2. The van der Waals surface area contributed by atoms with Crippen molar-refractivity contribution in [1.29, 1.82) is 0 Å². The molecule has 4 rings (SSSR count). The quantitative estimate of drug-likeness (QED) is 0.652. The lowest BCUT2D eigenvalue weighted by molar-refractivity contribution is -0.162. The zero-order valence-electron chi connectivity index (χ0n) is 17.3. The van der Waals surface area contributed by atoms with E-state index in [1.54, 1.807) is 0 Å². The Morgan fingerprint density at radius 3 is 1.86 bits per heavy atom. The molecule has 3 fully saturated rings. The number of carbonyl (C=O) groups is 2. The number of amides is 2. The van der Waals surface area contributed by atoms with Gasteiger partial charge in [-0.25, -0.2) is 0 Å². The van der Waals surface area contributed by atoms with Crippen LogP contribution in [0.3, 0.4) is 0 Å². The SMILES string of the molecule is O=C1[C@H](c2ccc(Cl)cc2)N(C2CCCCCCC2)C(=O)CN1C1CCCCC1. The highest BCUT2D eigenvalue weighted by Gasteiger charge is 2.45. The van der Waals surface area contributed by atoms with E-state index < -0.39 is 6.04 Å². The van der Waals surface area contributed by atoms with E-state index >= 15 is 0 Å². The van der Waals surface area contributed by atoms with E-state index in [-0.39, 0.29) is 30.4 Å². The first-order valence-electron chi connectivity index (χ1n) is 11.5. The first-order chi connectivity index (χ1) is 14.1. The van der Waals surface area contributed by atoms with E-state index in [9.17, 15) is 9.59 Å². The van der Waals surface area contributed by atoms with E-state index in [4.69, 9.17) is 11.6 Å². The number of piperazine rings is 1. The van der Waals surface area contributed by atoms with Gasteiger partial charge >= 0.3 is 0 Å². The fraction of sp³-hybridized carbons (Fsp3) is 0.667. The summed E-state index contributed by atoms with van der Waals surface area (Å²) in [6.45, 7) is 0.254. The van der Waals surface area contributed by atoms with Gasteiger partial charge in [-0.15, -0.1) is 0 Å². The Balaban J connectivity index is 1.65. The minimum Gasteiger partial charge on any atom is -0.328 e. The number of rotatable bonds is 3. The van der Waals surface area contributed by atoms with E-state index in [1.165, 1.54) is 25.7 Å². The van der Waals surface area contributed by atoms with E-state index in [0.29, 0.717) is 5.02 Å². The molecule has 1 heterocycles. The Labute approximate surface area is 179 Å². The second-order valence-corrected chi connectivity index (χ2v) is 9.45. The number of nitrogens with zero attached hydrogens (tertiary/aromatic N) is 2. The average molecular weight is 417 g/mol. The number of benzene rings is 1. The topological polar surface area (TPSA) is 40.6 Å². The third-order valence-corrected chi connectivity index (χ3v) is 7.31. The van der Waals surface area contributed by atoms with Gasteiger partial charge in [-0.05, 0) is 43.4 Å². The molecule has 158 valence electrons. The molecule has 5 heteroatoms. The van der Waals surface area contributed by atoms with Crippen molar-refractivity contribution in [3.05, 3.63) is 34.9 Å². The van der Waals surface area contributed by atoms with Crippen LogP contribution in [0.2, 0.25) is 5.02 Å². The lowest BCUT2D eigenvalue weighted by atomic mass is 9.89. The van der Waals surface area contributed by atoms with Gasteiger partial charge in [0.25, 0.3) is 5.91 Å². The van der Waals surface area contributed by atoms with Crippen molar-refractivity contribution >= 4 is 23.4 Å². The van der Waals surface area contributed by atoms with Gasteiger partial charge in [0.05, 0.1) is 0 Å². The van der Waals surface area contributed by atoms with Crippen LogP contribution in [-0.4, -0.2) is 40.2 Å². The number of carbonyl (C=O) groups excluding carboxylic acids is 2. The van der Waals surface area contributed by atoms with Crippen LogP contribution in [0.25, 0.3) is 0 Å². The van der Waals surface area contributed by atoms with Gasteiger partial charge in [0.1, 0.15) is 12.6 Å². The molecule has 0 radical (unpaired) electrons. The first kappa shape index (κ1) is 20.7. The summed E-state index contributed by atoms with van der Waals surface area (Å²) in [6.07, 6.45) is 13.6. The summed E-state index contributed by atoms with van der Waals surface area (Å²) in [5.74, 6) is 0.238. The highest BCUT2D eigenvalue weighted by molar-refractivity contribution is 6.30. The fourth-order valence-corrected chi connectivity index (χ4v) is 5.63. The molecule has 29 heavy (non-hydrogen) atoms. The van der Waals surface area contributed by atoms with E-state index in [2.05, 4.69) is 0 Å². The Morgan fingerprint density at radius 1 is 0.724 bits per heavy atom. The van der Waals surface area contributed by atoms with Gasteiger partial charge < -0.3 is 9.80 Å². The lowest BCUT2D eigenvalue weighted by Gasteiger charge is -2.47. The third kappa shape index (κ3) is 4.63. The molecule has 0 spiro atoms. The molecular weight excluding hydrogens is 384 g/mol. The van der Waals surface area contributed by atoms with Gasteiger partial charge in [-0.3, -0.25) is 9.59 Å². The minimum atomic E-state index is -0.500. The maximum absolute atomic E-state index is 13.8. The lowest BCUT2D eigenvalue weighted by Crippen LogP contribution is -2.60. The molecule has 2 saturated carbocycles. The maximum Gasteiger partial charge on any atom is 0.250 e. The zero-order valence-corrected chi connectivity index (χ0v) is 18.1. The van der Waals surface area contributed by atoms with Gasteiger partial charge in [-0.1, -0.05) is 75.1 Å². The number of hydrogen-bond acceptors (Lipinski definition) is 2. The Morgan fingerprint density at radius 2 is 1.24 bits per heavy atom. The molecule has 1 atom stereocenters. The molecule has 1 aromatic carbocycles. The highest BCUT2D eigenvalue weighted by Crippen LogP contribution is 2.36. The summed E-state index contributed by atoms with van der Waals surface area (Å²) in [5.41, 5.74) is 0.898. The molecule has 0 bridgehead atoms. The summed E-state index contributed by atoms with van der Waals surface area (Å²) in [7, 11) is 0. The number of hydrogen-bond donors (Lipinski definition) is 0. The van der Waals surface area contributed by atoms with Crippen LogP contribution in [0.5, 0.6) is 0 Å². The van der Waals surface area contributed by atoms with Gasteiger partial charge in [0.15, 0.2) is 0 Å². The van der Waals surface area contributed by atoms with Crippen LogP contribution in [0.1, 0.15) is 88.7 Å². The largest absolute Gasteiger partial charge is 0.328 e. The Kier molecular flexibility index (Phi) is 6.79. The normalized spacial score (nSPS) is 25.8. The smallest absolute Gasteiger partial charge is 0.250 e. The van der Waals surface area contributed by atoms with E-state index in [1.807, 2.05) is 34.1 Å². The first-order valence-corrected chi connectivity index (χ1v) is 11.9. The Hall–Kier alpha value is -1.55. The molecule has 0 unspecified atom stereocenters. The van der Waals surface area contributed by atoms with Crippen molar-refractivity contribution in [2.24, 2.45) is 0 Å². The van der Waals surface area contributed by atoms with Crippen molar-refractivity contribution in [3.63, 3.8) is 0 Å². The van der Waals surface area contributed by atoms with Crippen molar-refractivity contribution < 1.29 is 9.59 Å². The third-order valence-electron chi connectivity index (χ3n) is 7.06. The zero-order chi connectivity index (χ0) is 20.2. The summed E-state index contributed by atoms with van der Waals surface area (Å²) in [6, 6.07) is 7.42. The number of halogens is 1. The molecule has 2 aliphatic carbocycles. The van der Waals surface area contributed by atoms with Gasteiger partial charge in [0.2, 0.25) is 5.91 Å². The van der Waals surface area contributed by atoms with Crippen molar-refractivity contribution in [2.75, 3.05) is 6.54 Å². The predicted octanol–water partition coefficient (Wildman–Crippen LogP) is 5.50. The highest BCUT2D eigenvalue weighted by atomic mass is 35.5. The predicted molar refractivity (Wildman–Crippen MR) is 116 cm³/mol. The van der Waals surface area contributed by atoms with Crippen molar-refractivity contribution in [2.45, 2.75) is 95.2 Å². The monoisotopic (exact) mass is 416 g/mol. The molecule has 2 amide bonds. The average Bonchev–Trinajstić information content (AvgIpc) is 2.71. The molecule has 1 aromatic rings. The second-order valence-electron chi connectivity index (χ2n) is 9.01. The molecule has 0 aromatic heterocycles. The molecule has 1 saturated heterocycles. The van der Waals surface area contributed by atoms with Crippen LogP contribution < -0.4 is 0 Å². The summed E-state index contributed by atoms with van der Waals surface area (Å²) >= 11 is 6.11. The maximum atomic E-state index is 13.8. The molecule has 0 N–H and O–H groups in total. The summed E-state index contributed by atoms with van der Waals surface area (Å²) in [4.78, 5) is 31.1. The van der Waals surface area contributed by atoms with E-state index in [0.717, 1.165) is 56.9 Å². The van der Waals surface area contributed by atoms with Crippen molar-refractivity contribution in [3.8, 4) is 0 Å². The van der Waals surface area contributed by atoms with Crippen LogP contribution >= 0.6 is 11.6 Å². The molecule has 4 nitrogen and oxygen atoms in total. The fourth-order valence-electron chi connectivity index (χ4n) is 5.50. The van der Waals surface area contributed by atoms with Crippen LogP contribution in [0.4, 0.5) is 0 Å². The molecule has 3 aliphatic rings. The van der Waals surface area contributed by atoms with Crippen LogP contribution in [-0.2, 0) is 9.59 Å². The Bertz CT molecular complexity index is 706. The van der Waals surface area contributed by atoms with Crippen LogP contribution in [0.15, 0.2) is 24.3 Å². The minimum absolute atomic E-state index is 0.112. The molecule has 1 aliphatic heterocycles. The van der Waals surface area contributed by atoms with Crippen molar-refractivity contribution in [1.82, 2.24) is 9.80 Å².